The molecule has 0 spiro atoms. The Hall–Kier alpha value is -1.63. The molecule has 0 saturated carbocycles. The number of aliphatic hydroxyl groups is 1. The van der Waals surface area contributed by atoms with E-state index in [9.17, 15) is 14.4 Å². The van der Waals surface area contributed by atoms with Crippen LogP contribution in [-0.2, 0) is 14.4 Å². The van der Waals surface area contributed by atoms with Gasteiger partial charge in [0.15, 0.2) is 0 Å². The first-order valence-corrected chi connectivity index (χ1v) is 5.27. The molecule has 17 heavy (non-hydrogen) atoms. The topological polar surface area (TPSA) is 122 Å². The molecule has 0 aliphatic heterocycles. The van der Waals surface area contributed by atoms with Gasteiger partial charge in [0.25, 0.3) is 0 Å². The minimum absolute atomic E-state index is 0.173. The van der Waals surface area contributed by atoms with Crippen LogP contribution in [0.5, 0.6) is 0 Å². The van der Waals surface area contributed by atoms with Gasteiger partial charge < -0.3 is 21.5 Å². The first kappa shape index (κ1) is 15.4. The van der Waals surface area contributed by atoms with Gasteiger partial charge in [0, 0.05) is 6.92 Å². The van der Waals surface area contributed by atoms with Crippen LogP contribution < -0.4 is 16.4 Å². The van der Waals surface area contributed by atoms with Gasteiger partial charge in [0.1, 0.15) is 12.1 Å². The second kappa shape index (κ2) is 6.85. The monoisotopic (exact) mass is 245 g/mol. The zero-order chi connectivity index (χ0) is 13.6. The quantitative estimate of drug-likeness (QED) is 0.437. The maximum Gasteiger partial charge on any atom is 0.245 e. The van der Waals surface area contributed by atoms with E-state index in [1.807, 2.05) is 0 Å². The average Bonchev–Trinajstić information content (AvgIpc) is 2.20. The van der Waals surface area contributed by atoms with Crippen LogP contribution in [0, 0.1) is 5.92 Å². The summed E-state index contributed by atoms with van der Waals surface area (Å²) in [6, 6.07) is -1.90. The number of carbonyl (C=O) groups excluding carboxylic acids is 3. The van der Waals surface area contributed by atoms with E-state index in [1.54, 1.807) is 13.8 Å². The van der Waals surface area contributed by atoms with E-state index in [0.29, 0.717) is 0 Å². The molecule has 0 bridgehead atoms. The maximum absolute atomic E-state index is 11.6. The number of carbonyl (C=O) groups is 3. The summed E-state index contributed by atoms with van der Waals surface area (Å²) in [4.78, 5) is 33.5. The summed E-state index contributed by atoms with van der Waals surface area (Å²) in [7, 11) is 0. The highest BCUT2D eigenvalue weighted by Crippen LogP contribution is 2.01. The molecule has 0 aliphatic rings. The summed E-state index contributed by atoms with van der Waals surface area (Å²) in [6.45, 7) is 4.13. The molecule has 0 aromatic heterocycles. The smallest absolute Gasteiger partial charge is 0.245 e. The molecule has 0 radical (unpaired) electrons. The van der Waals surface area contributed by atoms with E-state index in [2.05, 4.69) is 10.6 Å². The Kier molecular flexibility index (Phi) is 6.19. The number of nitrogens with one attached hydrogen (secondary N) is 2. The van der Waals surface area contributed by atoms with Gasteiger partial charge in [-0.25, -0.2) is 0 Å². The van der Waals surface area contributed by atoms with Crippen molar-refractivity contribution < 1.29 is 19.5 Å². The van der Waals surface area contributed by atoms with Crippen molar-refractivity contribution in [1.82, 2.24) is 10.6 Å². The number of hydrogen-bond acceptors (Lipinski definition) is 4. The predicted octanol–water partition coefficient (Wildman–Crippen LogP) is -1.89. The van der Waals surface area contributed by atoms with Crippen molar-refractivity contribution in [3.05, 3.63) is 0 Å². The molecule has 0 heterocycles. The fraction of sp³-hybridized carbons (Fsp3) is 0.700. The molecule has 7 heteroatoms. The Morgan fingerprint density at radius 3 is 2.06 bits per heavy atom. The van der Waals surface area contributed by atoms with E-state index in [0.717, 1.165) is 0 Å². The standard InChI is InChI=1S/C10H19N3O4/c1-5(2)8(9(11)16)13-10(17)7(4-14)12-6(3)15/h5,7-8,14H,4H2,1-3H3,(H2,11,16)(H,12,15)(H,13,17)/t7-,8-/m0/s1. The van der Waals surface area contributed by atoms with Gasteiger partial charge >= 0.3 is 0 Å². The Labute approximate surface area is 99.7 Å². The van der Waals surface area contributed by atoms with Crippen LogP contribution in [0.4, 0.5) is 0 Å². The van der Waals surface area contributed by atoms with E-state index in [1.165, 1.54) is 6.92 Å². The zero-order valence-electron chi connectivity index (χ0n) is 10.2. The second-order valence-corrected chi connectivity index (χ2v) is 4.07. The molecule has 0 fully saturated rings. The van der Waals surface area contributed by atoms with Crippen molar-refractivity contribution in [2.24, 2.45) is 11.7 Å². The Morgan fingerprint density at radius 1 is 1.24 bits per heavy atom. The minimum atomic E-state index is -1.08. The van der Waals surface area contributed by atoms with Gasteiger partial charge in [-0.2, -0.15) is 0 Å². The van der Waals surface area contributed by atoms with Crippen molar-refractivity contribution in [2.75, 3.05) is 6.61 Å². The lowest BCUT2D eigenvalue weighted by Crippen LogP contribution is -2.55. The highest BCUT2D eigenvalue weighted by molar-refractivity contribution is 5.91. The van der Waals surface area contributed by atoms with E-state index in [-0.39, 0.29) is 5.92 Å². The maximum atomic E-state index is 11.6. The first-order valence-electron chi connectivity index (χ1n) is 5.27. The van der Waals surface area contributed by atoms with Gasteiger partial charge in [-0.05, 0) is 5.92 Å². The van der Waals surface area contributed by atoms with Crippen LogP contribution in [0.25, 0.3) is 0 Å². The number of hydrogen-bond donors (Lipinski definition) is 4. The normalized spacial score (nSPS) is 13.9. The second-order valence-electron chi connectivity index (χ2n) is 4.07. The zero-order valence-corrected chi connectivity index (χ0v) is 10.2. The van der Waals surface area contributed by atoms with Crippen LogP contribution >= 0.6 is 0 Å². The number of nitrogens with two attached hydrogens (primary N) is 1. The number of rotatable bonds is 6. The molecular weight excluding hydrogens is 226 g/mol. The molecule has 0 aliphatic carbocycles. The summed E-state index contributed by atoms with van der Waals surface area (Å²) in [5, 5.41) is 13.6. The summed E-state index contributed by atoms with van der Waals surface area (Å²) in [5.41, 5.74) is 5.13. The largest absolute Gasteiger partial charge is 0.394 e. The van der Waals surface area contributed by atoms with Crippen molar-refractivity contribution in [1.29, 1.82) is 0 Å². The number of primary amides is 1. The third kappa shape index (κ3) is 5.30. The Morgan fingerprint density at radius 2 is 1.76 bits per heavy atom. The van der Waals surface area contributed by atoms with Crippen LogP contribution in [0.15, 0.2) is 0 Å². The van der Waals surface area contributed by atoms with Gasteiger partial charge in [0.05, 0.1) is 6.61 Å². The lowest BCUT2D eigenvalue weighted by atomic mass is 10.0. The van der Waals surface area contributed by atoms with Gasteiger partial charge in [-0.3, -0.25) is 14.4 Å². The van der Waals surface area contributed by atoms with Crippen LogP contribution in [0.1, 0.15) is 20.8 Å². The molecule has 7 nitrogen and oxygen atoms in total. The van der Waals surface area contributed by atoms with Crippen LogP contribution in [0.3, 0.4) is 0 Å². The first-order chi connectivity index (χ1) is 7.79. The predicted molar refractivity (Wildman–Crippen MR) is 60.7 cm³/mol. The van der Waals surface area contributed by atoms with Gasteiger partial charge in [-0.1, -0.05) is 13.8 Å². The van der Waals surface area contributed by atoms with Crippen LogP contribution in [-0.4, -0.2) is 41.5 Å². The molecule has 0 rings (SSSR count). The van der Waals surface area contributed by atoms with Crippen molar-refractivity contribution in [3.8, 4) is 0 Å². The third-order valence-electron chi connectivity index (χ3n) is 2.15. The highest BCUT2D eigenvalue weighted by atomic mass is 16.3. The SMILES string of the molecule is CC(=O)N[C@@H](CO)C(=O)N[C@H](C(N)=O)C(C)C. The van der Waals surface area contributed by atoms with Crippen molar-refractivity contribution >= 4 is 17.7 Å². The highest BCUT2D eigenvalue weighted by Gasteiger charge is 2.26. The summed E-state index contributed by atoms with van der Waals surface area (Å²) < 4.78 is 0. The molecule has 5 N–H and O–H groups in total. The summed E-state index contributed by atoms with van der Waals surface area (Å²) in [5.74, 6) is -1.92. The molecular formula is C10H19N3O4. The average molecular weight is 245 g/mol. The van der Waals surface area contributed by atoms with Gasteiger partial charge in [-0.15, -0.1) is 0 Å². The van der Waals surface area contributed by atoms with Crippen molar-refractivity contribution in [2.45, 2.75) is 32.9 Å². The molecule has 3 amide bonds. The molecule has 0 unspecified atom stereocenters. The number of amides is 3. The number of aliphatic hydroxyl groups excluding tert-OH is 1. The summed E-state index contributed by atoms with van der Waals surface area (Å²) >= 11 is 0. The fourth-order valence-electron chi connectivity index (χ4n) is 1.26. The molecule has 0 aromatic rings. The fourth-order valence-corrected chi connectivity index (χ4v) is 1.26. The lowest BCUT2D eigenvalue weighted by Gasteiger charge is -2.22. The molecule has 2 atom stereocenters. The minimum Gasteiger partial charge on any atom is -0.394 e. The van der Waals surface area contributed by atoms with E-state index in [4.69, 9.17) is 10.8 Å². The molecule has 0 saturated heterocycles. The van der Waals surface area contributed by atoms with E-state index >= 15 is 0 Å². The third-order valence-corrected chi connectivity index (χ3v) is 2.15. The van der Waals surface area contributed by atoms with Gasteiger partial charge in [0.2, 0.25) is 17.7 Å². The van der Waals surface area contributed by atoms with Crippen molar-refractivity contribution in [3.63, 3.8) is 0 Å². The summed E-state index contributed by atoms with van der Waals surface area (Å²) in [6.07, 6.45) is 0. The Balaban J connectivity index is 4.57. The molecule has 98 valence electrons. The van der Waals surface area contributed by atoms with E-state index < -0.39 is 36.4 Å². The van der Waals surface area contributed by atoms with Crippen LogP contribution in [0.2, 0.25) is 0 Å². The molecule has 0 aromatic carbocycles. The lowest BCUT2D eigenvalue weighted by molar-refractivity contribution is -0.132. The Bertz CT molecular complexity index is 304.